The van der Waals surface area contributed by atoms with Gasteiger partial charge in [0.25, 0.3) is 5.91 Å². The third-order valence-corrected chi connectivity index (χ3v) is 5.29. The van der Waals surface area contributed by atoms with Crippen molar-refractivity contribution >= 4 is 11.9 Å². The summed E-state index contributed by atoms with van der Waals surface area (Å²) in [6, 6.07) is 21.0. The number of fused-ring (bicyclic) bond motifs is 1. The van der Waals surface area contributed by atoms with Gasteiger partial charge in [0.15, 0.2) is 0 Å². The molecule has 0 spiro atoms. The number of carbonyl (C=O) groups excluding carboxylic acids is 1. The van der Waals surface area contributed by atoms with Crippen LogP contribution in [0.5, 0.6) is 0 Å². The molecule has 28 heavy (non-hydrogen) atoms. The SMILES string of the molecule is Cc1ccc(C(=O)O)cc1-c1ccc2c(c1)CCN(Cc1ccccc1)C2=O. The van der Waals surface area contributed by atoms with Crippen molar-refractivity contribution in [2.24, 2.45) is 0 Å². The number of rotatable bonds is 4. The molecule has 1 amide bonds. The molecule has 0 saturated carbocycles. The first-order valence-corrected chi connectivity index (χ1v) is 9.33. The Kier molecular flexibility index (Phi) is 4.70. The summed E-state index contributed by atoms with van der Waals surface area (Å²) in [4.78, 5) is 26.1. The predicted molar refractivity (Wildman–Crippen MR) is 108 cm³/mol. The first kappa shape index (κ1) is 18.0. The van der Waals surface area contributed by atoms with Crippen molar-refractivity contribution < 1.29 is 14.7 Å². The molecule has 0 aliphatic carbocycles. The quantitative estimate of drug-likeness (QED) is 0.731. The maximum absolute atomic E-state index is 12.9. The fourth-order valence-electron chi connectivity index (χ4n) is 3.72. The maximum atomic E-state index is 12.9. The zero-order valence-corrected chi connectivity index (χ0v) is 15.7. The molecule has 0 unspecified atom stereocenters. The molecule has 3 aromatic rings. The Morgan fingerprint density at radius 1 is 1.00 bits per heavy atom. The van der Waals surface area contributed by atoms with Crippen LogP contribution in [0.15, 0.2) is 66.7 Å². The molecule has 0 radical (unpaired) electrons. The van der Waals surface area contributed by atoms with Gasteiger partial charge >= 0.3 is 5.97 Å². The van der Waals surface area contributed by atoms with Crippen molar-refractivity contribution in [3.63, 3.8) is 0 Å². The molecule has 0 saturated heterocycles. The summed E-state index contributed by atoms with van der Waals surface area (Å²) in [5.41, 5.74) is 5.99. The van der Waals surface area contributed by atoms with Gasteiger partial charge in [-0.2, -0.15) is 0 Å². The van der Waals surface area contributed by atoms with E-state index < -0.39 is 5.97 Å². The van der Waals surface area contributed by atoms with Crippen LogP contribution in [0.4, 0.5) is 0 Å². The molecule has 1 aliphatic rings. The Bertz CT molecular complexity index is 1060. The summed E-state index contributed by atoms with van der Waals surface area (Å²) in [6.45, 7) is 3.26. The molecule has 1 N–H and O–H groups in total. The smallest absolute Gasteiger partial charge is 0.335 e. The summed E-state index contributed by atoms with van der Waals surface area (Å²) in [7, 11) is 0. The Balaban J connectivity index is 1.63. The first-order valence-electron chi connectivity index (χ1n) is 9.33. The van der Waals surface area contributed by atoms with Crippen LogP contribution in [0.25, 0.3) is 11.1 Å². The van der Waals surface area contributed by atoms with E-state index >= 15 is 0 Å². The predicted octanol–water partition coefficient (Wildman–Crippen LogP) is 4.56. The van der Waals surface area contributed by atoms with Crippen LogP contribution in [0, 0.1) is 6.92 Å². The van der Waals surface area contributed by atoms with Gasteiger partial charge in [0.2, 0.25) is 0 Å². The lowest BCUT2D eigenvalue weighted by Crippen LogP contribution is -2.37. The van der Waals surface area contributed by atoms with E-state index in [1.165, 1.54) is 0 Å². The summed E-state index contributed by atoms with van der Waals surface area (Å²) >= 11 is 0. The first-order chi connectivity index (χ1) is 13.5. The van der Waals surface area contributed by atoms with E-state index in [1.54, 1.807) is 12.1 Å². The van der Waals surface area contributed by atoms with Gasteiger partial charge in [-0.25, -0.2) is 4.79 Å². The minimum atomic E-state index is -0.939. The average molecular weight is 371 g/mol. The van der Waals surface area contributed by atoms with E-state index in [2.05, 4.69) is 0 Å². The summed E-state index contributed by atoms with van der Waals surface area (Å²) in [5.74, 6) is -0.890. The van der Waals surface area contributed by atoms with Crippen LogP contribution in [-0.4, -0.2) is 28.4 Å². The van der Waals surface area contributed by atoms with Gasteiger partial charge < -0.3 is 10.0 Å². The number of nitrogens with zero attached hydrogens (tertiary/aromatic N) is 1. The second-order valence-electron chi connectivity index (χ2n) is 7.17. The number of carboxylic acid groups (broad SMARTS) is 1. The largest absolute Gasteiger partial charge is 0.478 e. The third-order valence-electron chi connectivity index (χ3n) is 5.29. The van der Waals surface area contributed by atoms with Gasteiger partial charge in [0.05, 0.1) is 5.56 Å². The summed E-state index contributed by atoms with van der Waals surface area (Å²) in [5, 5.41) is 9.27. The van der Waals surface area contributed by atoms with Crippen LogP contribution in [0.1, 0.15) is 37.4 Å². The standard InChI is InChI=1S/C24H21NO3/c1-16-7-8-20(24(27)28)14-22(16)18-9-10-21-19(13-18)11-12-25(23(21)26)15-17-5-3-2-4-6-17/h2-10,13-14H,11-12,15H2,1H3,(H,27,28). The molecule has 3 aromatic carbocycles. The molecule has 0 atom stereocenters. The van der Waals surface area contributed by atoms with E-state index in [0.29, 0.717) is 13.1 Å². The van der Waals surface area contributed by atoms with Crippen molar-refractivity contribution in [2.75, 3.05) is 6.54 Å². The molecule has 4 heteroatoms. The number of amides is 1. The van der Waals surface area contributed by atoms with E-state index in [9.17, 15) is 14.7 Å². The lowest BCUT2D eigenvalue weighted by Gasteiger charge is -2.29. The highest BCUT2D eigenvalue weighted by molar-refractivity contribution is 5.97. The summed E-state index contributed by atoms with van der Waals surface area (Å²) < 4.78 is 0. The number of hydrogen-bond acceptors (Lipinski definition) is 2. The highest BCUT2D eigenvalue weighted by Crippen LogP contribution is 2.29. The van der Waals surface area contributed by atoms with Gasteiger partial charge in [-0.1, -0.05) is 48.5 Å². The topological polar surface area (TPSA) is 57.6 Å². The fourth-order valence-corrected chi connectivity index (χ4v) is 3.72. The van der Waals surface area contributed by atoms with Crippen LogP contribution in [0.3, 0.4) is 0 Å². The zero-order chi connectivity index (χ0) is 19.7. The minimum absolute atomic E-state index is 0.0488. The second-order valence-corrected chi connectivity index (χ2v) is 7.17. The molecule has 1 heterocycles. The maximum Gasteiger partial charge on any atom is 0.335 e. The van der Waals surface area contributed by atoms with Gasteiger partial charge in [0.1, 0.15) is 0 Å². The molecule has 140 valence electrons. The van der Waals surface area contributed by atoms with E-state index in [1.807, 2.05) is 66.4 Å². The van der Waals surface area contributed by atoms with Crippen molar-refractivity contribution in [2.45, 2.75) is 19.9 Å². The molecule has 1 aliphatic heterocycles. The van der Waals surface area contributed by atoms with Crippen LogP contribution in [0.2, 0.25) is 0 Å². The second kappa shape index (κ2) is 7.31. The van der Waals surface area contributed by atoms with E-state index in [-0.39, 0.29) is 11.5 Å². The molecule has 4 rings (SSSR count). The van der Waals surface area contributed by atoms with Gasteiger partial charge in [-0.05, 0) is 59.4 Å². The van der Waals surface area contributed by atoms with Crippen molar-refractivity contribution in [1.82, 2.24) is 4.90 Å². The van der Waals surface area contributed by atoms with Gasteiger partial charge in [0, 0.05) is 18.7 Å². The number of aryl methyl sites for hydroxylation is 1. The van der Waals surface area contributed by atoms with Crippen molar-refractivity contribution in [1.29, 1.82) is 0 Å². The Labute approximate surface area is 164 Å². The number of hydrogen-bond donors (Lipinski definition) is 1. The van der Waals surface area contributed by atoms with Gasteiger partial charge in [-0.3, -0.25) is 4.79 Å². The van der Waals surface area contributed by atoms with Gasteiger partial charge in [-0.15, -0.1) is 0 Å². The van der Waals surface area contributed by atoms with Crippen LogP contribution >= 0.6 is 0 Å². The van der Waals surface area contributed by atoms with Crippen LogP contribution < -0.4 is 0 Å². The normalized spacial score (nSPS) is 13.3. The number of carboxylic acids is 1. The molecular formula is C24H21NO3. The Hall–Kier alpha value is -3.40. The highest BCUT2D eigenvalue weighted by Gasteiger charge is 2.24. The number of aromatic carboxylic acids is 1. The van der Waals surface area contributed by atoms with E-state index in [0.717, 1.165) is 39.8 Å². The molecule has 0 bridgehead atoms. The Morgan fingerprint density at radius 3 is 2.54 bits per heavy atom. The summed E-state index contributed by atoms with van der Waals surface area (Å²) in [6.07, 6.45) is 0.791. The lowest BCUT2D eigenvalue weighted by atomic mass is 9.91. The minimum Gasteiger partial charge on any atom is -0.478 e. The monoisotopic (exact) mass is 371 g/mol. The fraction of sp³-hybridized carbons (Fsp3) is 0.167. The Morgan fingerprint density at radius 2 is 1.79 bits per heavy atom. The number of carbonyl (C=O) groups is 2. The molecule has 0 aromatic heterocycles. The average Bonchev–Trinajstić information content (AvgIpc) is 2.71. The highest BCUT2D eigenvalue weighted by atomic mass is 16.4. The molecule has 4 nitrogen and oxygen atoms in total. The van der Waals surface area contributed by atoms with Crippen molar-refractivity contribution in [3.05, 3.63) is 94.5 Å². The molecular weight excluding hydrogens is 350 g/mol. The zero-order valence-electron chi connectivity index (χ0n) is 15.7. The van der Waals surface area contributed by atoms with Crippen molar-refractivity contribution in [3.8, 4) is 11.1 Å². The van der Waals surface area contributed by atoms with Crippen LogP contribution in [-0.2, 0) is 13.0 Å². The number of benzene rings is 3. The lowest BCUT2D eigenvalue weighted by molar-refractivity contribution is 0.0694. The molecule has 0 fully saturated rings. The third kappa shape index (κ3) is 3.41. The van der Waals surface area contributed by atoms with E-state index in [4.69, 9.17) is 0 Å².